The number of aromatic carboxylic acids is 1. The molecule has 4 aromatic carbocycles. The minimum absolute atomic E-state index is 0.325. The number of benzene rings is 4. The molecule has 0 amide bonds. The van der Waals surface area contributed by atoms with Crippen molar-refractivity contribution in [2.45, 2.75) is 66.8 Å². The molecule has 0 aliphatic heterocycles. The Bertz CT molecular complexity index is 1620. The summed E-state index contributed by atoms with van der Waals surface area (Å²) in [6.45, 7) is 18.5. The molecule has 0 aliphatic carbocycles. The number of hydrogen-bond acceptors (Lipinski definition) is 2. The highest BCUT2D eigenvalue weighted by Gasteiger charge is 2.20. The third-order valence-corrected chi connectivity index (χ3v) is 8.79. The van der Waals surface area contributed by atoms with Crippen LogP contribution in [0.1, 0.15) is 91.2 Å². The van der Waals surface area contributed by atoms with Gasteiger partial charge in [0.05, 0.1) is 5.56 Å². The van der Waals surface area contributed by atoms with Crippen LogP contribution in [0.4, 0.5) is 0 Å². The molecular formula is C40H45NO2. The number of nitrogens with one attached hydrogen (secondary N) is 1. The number of allylic oxidation sites excluding steroid dienone is 2. The second-order valence-electron chi connectivity index (χ2n) is 12.0. The van der Waals surface area contributed by atoms with Crippen molar-refractivity contribution in [3.8, 4) is 11.1 Å². The molecule has 2 N–H and O–H groups in total. The molecule has 0 bridgehead atoms. The van der Waals surface area contributed by atoms with Gasteiger partial charge >= 0.3 is 5.97 Å². The molecular weight excluding hydrogens is 526 g/mol. The van der Waals surface area contributed by atoms with Crippen molar-refractivity contribution < 1.29 is 9.90 Å². The molecule has 0 saturated carbocycles. The average Bonchev–Trinajstić information content (AvgIpc) is 3.02. The number of carboxylic acids is 1. The topological polar surface area (TPSA) is 49.3 Å². The Morgan fingerprint density at radius 2 is 1.51 bits per heavy atom. The van der Waals surface area contributed by atoms with E-state index in [1.165, 1.54) is 39.0 Å². The summed E-state index contributed by atoms with van der Waals surface area (Å²) in [5.41, 5.74) is 13.2. The average molecular weight is 572 g/mol. The molecule has 0 fully saturated rings. The Hall–Kier alpha value is -4.37. The summed E-state index contributed by atoms with van der Waals surface area (Å²) in [7, 11) is 0. The Morgan fingerprint density at radius 1 is 0.814 bits per heavy atom. The van der Waals surface area contributed by atoms with E-state index in [2.05, 4.69) is 108 Å². The van der Waals surface area contributed by atoms with E-state index in [4.69, 9.17) is 0 Å². The molecule has 3 heteroatoms. The van der Waals surface area contributed by atoms with Gasteiger partial charge in [0.2, 0.25) is 0 Å². The largest absolute Gasteiger partial charge is 0.478 e. The summed E-state index contributed by atoms with van der Waals surface area (Å²) in [5.74, 6) is -0.167. The highest BCUT2D eigenvalue weighted by atomic mass is 16.4. The van der Waals surface area contributed by atoms with Crippen molar-refractivity contribution in [2.75, 3.05) is 0 Å². The summed E-state index contributed by atoms with van der Waals surface area (Å²) >= 11 is 0. The first-order valence-corrected chi connectivity index (χ1v) is 15.3. The second kappa shape index (κ2) is 14.2. The number of carboxylic acid groups (broad SMARTS) is 1. The van der Waals surface area contributed by atoms with Crippen molar-refractivity contribution in [3.05, 3.63) is 142 Å². The van der Waals surface area contributed by atoms with E-state index in [0.29, 0.717) is 17.4 Å². The van der Waals surface area contributed by atoms with Gasteiger partial charge in [0, 0.05) is 12.2 Å². The molecule has 222 valence electrons. The van der Waals surface area contributed by atoms with Crippen molar-refractivity contribution in [1.82, 2.24) is 5.32 Å². The quantitative estimate of drug-likeness (QED) is 0.178. The van der Waals surface area contributed by atoms with Gasteiger partial charge in [-0.25, -0.2) is 4.79 Å². The molecule has 2 atom stereocenters. The summed E-state index contributed by atoms with van der Waals surface area (Å²) in [6.07, 6.45) is 1.97. The standard InChI is InChI=1S/C40H45NO2/c1-8-31-12-11-13-33(23-31)25-41-30(7)35-20-21-36(39(24-35)28(5)26(2)3)29(6)27(4)22-32-16-18-34(19-17-32)37-14-9-10-15-38(37)40(42)43/h9-21,23-24,27,29,41H,7-8,22,25H2,1-6H3,(H,42,43). The van der Waals surface area contributed by atoms with Gasteiger partial charge in [-0.2, -0.15) is 0 Å². The lowest BCUT2D eigenvalue weighted by Gasteiger charge is -2.25. The second-order valence-corrected chi connectivity index (χ2v) is 12.0. The van der Waals surface area contributed by atoms with Gasteiger partial charge in [-0.3, -0.25) is 0 Å². The van der Waals surface area contributed by atoms with Crippen LogP contribution in [-0.4, -0.2) is 11.1 Å². The van der Waals surface area contributed by atoms with Crippen LogP contribution in [0.2, 0.25) is 0 Å². The molecule has 0 heterocycles. The van der Waals surface area contributed by atoms with Crippen LogP contribution in [-0.2, 0) is 19.4 Å². The number of rotatable bonds is 12. The predicted octanol–water partition coefficient (Wildman–Crippen LogP) is 10.2. The van der Waals surface area contributed by atoms with Gasteiger partial charge < -0.3 is 10.4 Å². The zero-order valence-electron chi connectivity index (χ0n) is 26.5. The summed E-state index contributed by atoms with van der Waals surface area (Å²) in [6, 6.07) is 31.0. The maximum Gasteiger partial charge on any atom is 0.336 e. The third-order valence-electron chi connectivity index (χ3n) is 8.79. The first-order valence-electron chi connectivity index (χ1n) is 15.3. The van der Waals surface area contributed by atoms with E-state index in [9.17, 15) is 9.90 Å². The summed E-state index contributed by atoms with van der Waals surface area (Å²) in [4.78, 5) is 11.7. The smallest absolute Gasteiger partial charge is 0.336 e. The van der Waals surface area contributed by atoms with Gasteiger partial charge in [-0.1, -0.05) is 112 Å². The Balaban J connectivity index is 1.52. The molecule has 4 aromatic rings. The first-order chi connectivity index (χ1) is 20.6. The lowest BCUT2D eigenvalue weighted by atomic mass is 9.80. The maximum absolute atomic E-state index is 11.7. The van der Waals surface area contributed by atoms with Gasteiger partial charge in [0.1, 0.15) is 0 Å². The molecule has 0 aliphatic rings. The van der Waals surface area contributed by atoms with Crippen molar-refractivity contribution in [3.63, 3.8) is 0 Å². The van der Waals surface area contributed by atoms with E-state index in [1.54, 1.807) is 12.1 Å². The van der Waals surface area contributed by atoms with Gasteiger partial charge in [0.25, 0.3) is 0 Å². The zero-order chi connectivity index (χ0) is 31.1. The molecule has 4 rings (SSSR count). The van der Waals surface area contributed by atoms with Crippen molar-refractivity contribution in [1.29, 1.82) is 0 Å². The summed E-state index contributed by atoms with van der Waals surface area (Å²) in [5, 5.41) is 13.1. The number of carbonyl (C=O) groups is 1. The van der Waals surface area contributed by atoms with E-state index in [0.717, 1.165) is 41.8 Å². The fraction of sp³-hybridized carbons (Fsp3) is 0.275. The SMILES string of the molecule is C=C(NCc1cccc(CC)c1)c1ccc(C(C)C(C)Cc2ccc(-c3ccccc3C(=O)O)cc2)c(C(C)=C(C)C)c1. The molecule has 0 radical (unpaired) electrons. The van der Waals surface area contributed by atoms with Crippen LogP contribution in [0, 0.1) is 5.92 Å². The van der Waals surface area contributed by atoms with E-state index in [-0.39, 0.29) is 0 Å². The van der Waals surface area contributed by atoms with E-state index in [1.807, 2.05) is 24.3 Å². The Labute approximate surface area is 258 Å². The van der Waals surface area contributed by atoms with Crippen LogP contribution in [0.3, 0.4) is 0 Å². The maximum atomic E-state index is 11.7. The van der Waals surface area contributed by atoms with Crippen LogP contribution >= 0.6 is 0 Å². The highest BCUT2D eigenvalue weighted by molar-refractivity contribution is 5.96. The lowest BCUT2D eigenvalue weighted by molar-refractivity contribution is 0.0697. The molecule has 43 heavy (non-hydrogen) atoms. The third kappa shape index (κ3) is 7.73. The lowest BCUT2D eigenvalue weighted by Crippen LogP contribution is -2.14. The van der Waals surface area contributed by atoms with E-state index < -0.39 is 5.97 Å². The molecule has 0 saturated heterocycles. The van der Waals surface area contributed by atoms with Gasteiger partial charge in [0.15, 0.2) is 0 Å². The van der Waals surface area contributed by atoms with Gasteiger partial charge in [-0.05, 0) is 108 Å². The van der Waals surface area contributed by atoms with Gasteiger partial charge in [-0.15, -0.1) is 0 Å². The minimum Gasteiger partial charge on any atom is -0.478 e. The predicted molar refractivity (Wildman–Crippen MR) is 182 cm³/mol. The Kier molecular flexibility index (Phi) is 10.4. The molecule has 3 nitrogen and oxygen atoms in total. The fourth-order valence-electron chi connectivity index (χ4n) is 5.60. The monoisotopic (exact) mass is 571 g/mol. The fourth-order valence-corrected chi connectivity index (χ4v) is 5.60. The van der Waals surface area contributed by atoms with Crippen molar-refractivity contribution in [2.24, 2.45) is 5.92 Å². The zero-order valence-corrected chi connectivity index (χ0v) is 26.5. The van der Waals surface area contributed by atoms with Crippen LogP contribution in [0.25, 0.3) is 22.4 Å². The van der Waals surface area contributed by atoms with Crippen LogP contribution in [0.15, 0.2) is 103 Å². The van der Waals surface area contributed by atoms with Crippen molar-refractivity contribution >= 4 is 17.2 Å². The van der Waals surface area contributed by atoms with Crippen LogP contribution < -0.4 is 5.32 Å². The minimum atomic E-state index is -0.906. The molecule has 0 spiro atoms. The number of aryl methyl sites for hydroxylation is 1. The summed E-state index contributed by atoms with van der Waals surface area (Å²) < 4.78 is 0. The normalized spacial score (nSPS) is 12.3. The highest BCUT2D eigenvalue weighted by Crippen LogP contribution is 2.35. The molecule has 0 aromatic heterocycles. The molecule has 2 unspecified atom stereocenters. The number of hydrogen-bond donors (Lipinski definition) is 2. The Morgan fingerprint density at radius 3 is 2.19 bits per heavy atom. The first kappa shape index (κ1) is 31.6. The van der Waals surface area contributed by atoms with Crippen LogP contribution in [0.5, 0.6) is 0 Å². The van der Waals surface area contributed by atoms with E-state index >= 15 is 0 Å².